The lowest BCUT2D eigenvalue weighted by Crippen LogP contribution is -2.31. The second kappa shape index (κ2) is 7.00. The van der Waals surface area contributed by atoms with E-state index >= 15 is 0 Å². The van der Waals surface area contributed by atoms with E-state index in [1.807, 2.05) is 0 Å². The predicted molar refractivity (Wildman–Crippen MR) is 61.9 cm³/mol. The van der Waals surface area contributed by atoms with Crippen LogP contribution >= 0.6 is 0 Å². The van der Waals surface area contributed by atoms with Crippen LogP contribution in [-0.2, 0) is 9.53 Å². The van der Waals surface area contributed by atoms with Crippen LogP contribution in [-0.4, -0.2) is 18.5 Å². The Morgan fingerprint density at radius 2 is 1.93 bits per heavy atom. The average Bonchev–Trinajstić information content (AvgIpc) is 2.72. The molecule has 1 fully saturated rings. The normalized spacial score (nSPS) is 19.3. The van der Waals surface area contributed by atoms with E-state index in [1.54, 1.807) is 0 Å². The number of carbonyl (C=O) groups excluding carboxylic acids is 1. The molecule has 0 N–H and O–H groups in total. The van der Waals surface area contributed by atoms with Gasteiger partial charge in [0.15, 0.2) is 5.78 Å². The van der Waals surface area contributed by atoms with Gasteiger partial charge in [-0.15, -0.1) is 0 Å². The molecule has 0 aromatic heterocycles. The minimum atomic E-state index is -0.0904. The van der Waals surface area contributed by atoms with Crippen molar-refractivity contribution in [2.45, 2.75) is 64.9 Å². The standard InChI is InChI=1S/C13H24O2/c1-3-7-12(14)13(15-10-4-2)11-8-5-6-9-11/h11,13H,3-10H2,1-2H3. The Balaban J connectivity index is 2.46. The zero-order chi connectivity index (χ0) is 11.1. The maximum atomic E-state index is 11.9. The first-order valence-electron chi connectivity index (χ1n) is 6.43. The molecule has 1 aliphatic rings. The first kappa shape index (κ1) is 12.7. The van der Waals surface area contributed by atoms with Gasteiger partial charge in [0.1, 0.15) is 6.10 Å². The van der Waals surface area contributed by atoms with E-state index in [9.17, 15) is 4.79 Å². The zero-order valence-corrected chi connectivity index (χ0v) is 10.1. The number of carbonyl (C=O) groups is 1. The number of hydrogen-bond donors (Lipinski definition) is 0. The summed E-state index contributed by atoms with van der Waals surface area (Å²) >= 11 is 0. The molecule has 0 aliphatic heterocycles. The lowest BCUT2D eigenvalue weighted by Gasteiger charge is -2.22. The molecule has 1 rings (SSSR count). The number of hydrogen-bond acceptors (Lipinski definition) is 2. The summed E-state index contributed by atoms with van der Waals surface area (Å²) in [6.07, 6.45) is 7.46. The molecule has 1 saturated carbocycles. The highest BCUT2D eigenvalue weighted by Crippen LogP contribution is 2.30. The third-order valence-corrected chi connectivity index (χ3v) is 3.14. The van der Waals surface area contributed by atoms with E-state index in [2.05, 4.69) is 13.8 Å². The Morgan fingerprint density at radius 3 is 2.47 bits per heavy atom. The molecule has 2 nitrogen and oxygen atoms in total. The van der Waals surface area contributed by atoms with Crippen molar-refractivity contribution in [2.75, 3.05) is 6.61 Å². The van der Waals surface area contributed by atoms with E-state index in [0.717, 1.165) is 19.4 Å². The lowest BCUT2D eigenvalue weighted by atomic mass is 9.95. The molecule has 1 atom stereocenters. The van der Waals surface area contributed by atoms with Crippen LogP contribution in [0.4, 0.5) is 0 Å². The minimum absolute atomic E-state index is 0.0904. The first-order valence-corrected chi connectivity index (χ1v) is 6.43. The van der Waals surface area contributed by atoms with Crippen LogP contribution < -0.4 is 0 Å². The van der Waals surface area contributed by atoms with Crippen molar-refractivity contribution < 1.29 is 9.53 Å². The van der Waals surface area contributed by atoms with Crippen molar-refractivity contribution >= 4 is 5.78 Å². The molecule has 0 bridgehead atoms. The first-order chi connectivity index (χ1) is 7.29. The molecular weight excluding hydrogens is 188 g/mol. The van der Waals surface area contributed by atoms with Crippen molar-refractivity contribution in [3.8, 4) is 0 Å². The molecule has 0 aromatic rings. The molecule has 0 radical (unpaired) electrons. The number of ketones is 1. The van der Waals surface area contributed by atoms with Gasteiger partial charge in [-0.3, -0.25) is 4.79 Å². The lowest BCUT2D eigenvalue weighted by molar-refractivity contribution is -0.134. The van der Waals surface area contributed by atoms with Crippen molar-refractivity contribution in [3.05, 3.63) is 0 Å². The highest BCUT2D eigenvalue weighted by Gasteiger charge is 2.30. The van der Waals surface area contributed by atoms with Crippen molar-refractivity contribution in [1.29, 1.82) is 0 Å². The van der Waals surface area contributed by atoms with Gasteiger partial charge in [0.2, 0.25) is 0 Å². The summed E-state index contributed by atoms with van der Waals surface area (Å²) in [5.74, 6) is 0.841. The Kier molecular flexibility index (Phi) is 5.92. The topological polar surface area (TPSA) is 26.3 Å². The van der Waals surface area contributed by atoms with Gasteiger partial charge in [-0.05, 0) is 31.6 Å². The van der Waals surface area contributed by atoms with Gasteiger partial charge in [-0.2, -0.15) is 0 Å². The SMILES string of the molecule is CCCOC(C(=O)CCC)C1CCCC1. The molecule has 88 valence electrons. The van der Waals surface area contributed by atoms with Gasteiger partial charge in [0.25, 0.3) is 0 Å². The van der Waals surface area contributed by atoms with E-state index in [1.165, 1.54) is 25.7 Å². The summed E-state index contributed by atoms with van der Waals surface area (Å²) in [6.45, 7) is 4.88. The predicted octanol–water partition coefficient (Wildman–Crippen LogP) is 3.34. The highest BCUT2D eigenvalue weighted by molar-refractivity contribution is 5.83. The summed E-state index contributed by atoms with van der Waals surface area (Å²) in [6, 6.07) is 0. The van der Waals surface area contributed by atoms with Gasteiger partial charge in [-0.1, -0.05) is 26.7 Å². The molecule has 0 saturated heterocycles. The minimum Gasteiger partial charge on any atom is -0.370 e. The molecule has 2 heteroatoms. The largest absolute Gasteiger partial charge is 0.370 e. The Labute approximate surface area is 93.4 Å². The maximum Gasteiger partial charge on any atom is 0.161 e. The molecule has 15 heavy (non-hydrogen) atoms. The third kappa shape index (κ3) is 3.94. The van der Waals surface area contributed by atoms with E-state index in [-0.39, 0.29) is 6.10 Å². The smallest absolute Gasteiger partial charge is 0.161 e. The monoisotopic (exact) mass is 212 g/mol. The molecule has 0 heterocycles. The highest BCUT2D eigenvalue weighted by atomic mass is 16.5. The van der Waals surface area contributed by atoms with Crippen LogP contribution in [0.3, 0.4) is 0 Å². The number of Topliss-reactive ketones (excluding diaryl/α,β-unsaturated/α-hetero) is 1. The summed E-state index contributed by atoms with van der Waals surface area (Å²) in [4.78, 5) is 11.9. The van der Waals surface area contributed by atoms with Crippen molar-refractivity contribution in [2.24, 2.45) is 5.92 Å². The average molecular weight is 212 g/mol. The second-order valence-electron chi connectivity index (χ2n) is 4.55. The zero-order valence-electron chi connectivity index (χ0n) is 10.1. The Hall–Kier alpha value is -0.370. The summed E-state index contributed by atoms with van der Waals surface area (Å²) < 4.78 is 5.74. The van der Waals surface area contributed by atoms with Gasteiger partial charge in [-0.25, -0.2) is 0 Å². The fourth-order valence-corrected chi connectivity index (χ4v) is 2.39. The van der Waals surface area contributed by atoms with Crippen LogP contribution in [0.2, 0.25) is 0 Å². The fraction of sp³-hybridized carbons (Fsp3) is 0.923. The van der Waals surface area contributed by atoms with Gasteiger partial charge >= 0.3 is 0 Å². The van der Waals surface area contributed by atoms with Crippen LogP contribution in [0.15, 0.2) is 0 Å². The van der Waals surface area contributed by atoms with Crippen LogP contribution in [0.5, 0.6) is 0 Å². The number of rotatable bonds is 7. The van der Waals surface area contributed by atoms with Crippen molar-refractivity contribution in [1.82, 2.24) is 0 Å². The Morgan fingerprint density at radius 1 is 1.27 bits per heavy atom. The van der Waals surface area contributed by atoms with E-state index in [0.29, 0.717) is 18.1 Å². The van der Waals surface area contributed by atoms with E-state index in [4.69, 9.17) is 4.74 Å². The Bertz CT molecular complexity index is 183. The van der Waals surface area contributed by atoms with Crippen LogP contribution in [0.1, 0.15) is 58.8 Å². The van der Waals surface area contributed by atoms with Gasteiger partial charge in [0.05, 0.1) is 0 Å². The molecule has 1 aliphatic carbocycles. The van der Waals surface area contributed by atoms with Crippen LogP contribution in [0, 0.1) is 5.92 Å². The molecular formula is C13H24O2. The summed E-state index contributed by atoms with van der Waals surface area (Å²) in [5.41, 5.74) is 0. The second-order valence-corrected chi connectivity index (χ2v) is 4.55. The van der Waals surface area contributed by atoms with Gasteiger partial charge in [0, 0.05) is 13.0 Å². The molecule has 1 unspecified atom stereocenters. The summed E-state index contributed by atoms with van der Waals surface area (Å²) in [7, 11) is 0. The quantitative estimate of drug-likeness (QED) is 0.647. The maximum absolute atomic E-state index is 11.9. The van der Waals surface area contributed by atoms with E-state index < -0.39 is 0 Å². The fourth-order valence-electron chi connectivity index (χ4n) is 2.39. The van der Waals surface area contributed by atoms with Gasteiger partial charge < -0.3 is 4.74 Å². The molecule has 0 aromatic carbocycles. The van der Waals surface area contributed by atoms with Crippen molar-refractivity contribution in [3.63, 3.8) is 0 Å². The number of ether oxygens (including phenoxy) is 1. The summed E-state index contributed by atoms with van der Waals surface area (Å²) in [5, 5.41) is 0. The molecule has 0 spiro atoms. The van der Waals surface area contributed by atoms with Crippen LogP contribution in [0.25, 0.3) is 0 Å². The molecule has 0 amide bonds. The third-order valence-electron chi connectivity index (χ3n) is 3.14.